The van der Waals surface area contributed by atoms with Crippen LogP contribution in [0.15, 0.2) is 30.5 Å². The number of carbonyl (C=O) groups is 1. The first-order valence-corrected chi connectivity index (χ1v) is 8.70. The zero-order chi connectivity index (χ0) is 18.7. The van der Waals surface area contributed by atoms with Crippen LogP contribution in [0.5, 0.6) is 11.5 Å². The van der Waals surface area contributed by atoms with Crippen LogP contribution in [0.25, 0.3) is 0 Å². The molecule has 1 aromatic carbocycles. The van der Waals surface area contributed by atoms with Crippen LogP contribution in [0, 0.1) is 6.92 Å². The summed E-state index contributed by atoms with van der Waals surface area (Å²) in [5.41, 5.74) is 0.948. The van der Waals surface area contributed by atoms with Gasteiger partial charge in [-0.25, -0.2) is 4.79 Å². The molecule has 3 rings (SSSR count). The van der Waals surface area contributed by atoms with E-state index in [4.69, 9.17) is 9.47 Å². The van der Waals surface area contributed by atoms with Crippen LogP contribution in [0.2, 0.25) is 0 Å². The minimum Gasteiger partial charge on any atom is -0.493 e. The normalized spacial score (nSPS) is 17.0. The first kappa shape index (κ1) is 18.3. The number of carboxylic acid groups (broad SMARTS) is 1. The molecule has 0 bridgehead atoms. The second-order valence-electron chi connectivity index (χ2n) is 6.74. The van der Waals surface area contributed by atoms with Crippen LogP contribution < -0.4 is 9.47 Å². The van der Waals surface area contributed by atoms with E-state index in [9.17, 15) is 9.90 Å². The minimum absolute atomic E-state index is 0.416. The molecule has 0 aliphatic carbocycles. The fourth-order valence-electron chi connectivity index (χ4n) is 3.39. The lowest BCUT2D eigenvalue weighted by Crippen LogP contribution is -2.53. The fourth-order valence-corrected chi connectivity index (χ4v) is 3.39. The minimum atomic E-state index is -1.23. The van der Waals surface area contributed by atoms with Gasteiger partial charge in [-0.05, 0) is 19.1 Å². The Balaban J connectivity index is 1.71. The SMILES string of the molecule is COc1ccccc1OC1(C(=O)O)CCN(Cc2cn(C)nc2C)CC1. The van der Waals surface area contributed by atoms with Gasteiger partial charge in [-0.2, -0.15) is 5.10 Å². The van der Waals surface area contributed by atoms with Crippen LogP contribution in [0.3, 0.4) is 0 Å². The number of hydrogen-bond donors (Lipinski definition) is 1. The highest BCUT2D eigenvalue weighted by Crippen LogP contribution is 2.35. The third kappa shape index (κ3) is 3.67. The predicted molar refractivity (Wildman–Crippen MR) is 96.4 cm³/mol. The number of rotatable bonds is 6. The van der Waals surface area contributed by atoms with Gasteiger partial charge < -0.3 is 14.6 Å². The molecule has 7 nitrogen and oxygen atoms in total. The molecule has 1 aliphatic heterocycles. The van der Waals surface area contributed by atoms with Gasteiger partial charge in [0.05, 0.1) is 12.8 Å². The molecule has 140 valence electrons. The molecule has 2 aromatic rings. The number of aromatic nitrogens is 2. The van der Waals surface area contributed by atoms with Gasteiger partial charge in [0.15, 0.2) is 11.5 Å². The highest BCUT2D eigenvalue weighted by Gasteiger charge is 2.44. The molecule has 0 spiro atoms. The standard InChI is InChI=1S/C19H25N3O4/c1-14-15(12-21(2)20-14)13-22-10-8-19(9-11-22,18(23)24)26-17-7-5-4-6-16(17)25-3/h4-7,12H,8-11,13H2,1-3H3,(H,23,24). The molecule has 0 radical (unpaired) electrons. The van der Waals surface area contributed by atoms with E-state index < -0.39 is 11.6 Å². The van der Waals surface area contributed by atoms with Gasteiger partial charge in [-0.3, -0.25) is 9.58 Å². The maximum absolute atomic E-state index is 12.0. The van der Waals surface area contributed by atoms with Crippen molar-refractivity contribution in [2.45, 2.75) is 31.9 Å². The Bertz CT molecular complexity index is 779. The first-order chi connectivity index (χ1) is 12.4. The van der Waals surface area contributed by atoms with Crippen LogP contribution in [-0.2, 0) is 18.4 Å². The number of hydrogen-bond acceptors (Lipinski definition) is 5. The van der Waals surface area contributed by atoms with Crippen LogP contribution in [0.1, 0.15) is 24.1 Å². The van der Waals surface area contributed by atoms with E-state index in [0.29, 0.717) is 37.4 Å². The molecule has 2 heterocycles. The molecule has 1 fully saturated rings. The molecule has 0 atom stereocenters. The summed E-state index contributed by atoms with van der Waals surface area (Å²) in [6.07, 6.45) is 2.85. The molecule has 0 saturated carbocycles. The van der Waals surface area contributed by atoms with Gasteiger partial charge >= 0.3 is 5.97 Å². The van der Waals surface area contributed by atoms with Gasteiger partial charge in [0.1, 0.15) is 0 Å². The number of para-hydroxylation sites is 2. The third-order valence-electron chi connectivity index (χ3n) is 4.94. The van der Waals surface area contributed by atoms with Crippen LogP contribution in [0.4, 0.5) is 0 Å². The van der Waals surface area contributed by atoms with Crippen molar-refractivity contribution in [3.05, 3.63) is 41.7 Å². The molecular weight excluding hydrogens is 334 g/mol. The number of piperidine rings is 1. The summed E-state index contributed by atoms with van der Waals surface area (Å²) in [5.74, 6) is 0.0797. The molecule has 26 heavy (non-hydrogen) atoms. The lowest BCUT2D eigenvalue weighted by Gasteiger charge is -2.39. The summed E-state index contributed by atoms with van der Waals surface area (Å²) in [7, 11) is 3.46. The number of aryl methyl sites for hydroxylation is 2. The topological polar surface area (TPSA) is 76.8 Å². The van der Waals surface area contributed by atoms with E-state index >= 15 is 0 Å². The second kappa shape index (κ2) is 7.37. The highest BCUT2D eigenvalue weighted by molar-refractivity contribution is 5.78. The number of benzene rings is 1. The molecule has 7 heteroatoms. The van der Waals surface area contributed by atoms with E-state index in [1.54, 1.807) is 23.9 Å². The van der Waals surface area contributed by atoms with Crippen LogP contribution in [-0.4, -0.2) is 51.6 Å². The van der Waals surface area contributed by atoms with E-state index in [1.807, 2.05) is 32.3 Å². The Morgan fingerprint density at radius 3 is 2.46 bits per heavy atom. The van der Waals surface area contributed by atoms with Crippen molar-refractivity contribution in [2.75, 3.05) is 20.2 Å². The van der Waals surface area contributed by atoms with Gasteiger partial charge in [0.25, 0.3) is 0 Å². The lowest BCUT2D eigenvalue weighted by molar-refractivity contribution is -0.160. The highest BCUT2D eigenvalue weighted by atomic mass is 16.5. The zero-order valence-electron chi connectivity index (χ0n) is 15.4. The van der Waals surface area contributed by atoms with E-state index in [-0.39, 0.29) is 0 Å². The number of carboxylic acids is 1. The Kier molecular flexibility index (Phi) is 5.18. The number of likely N-dealkylation sites (tertiary alicyclic amines) is 1. The van der Waals surface area contributed by atoms with Gasteiger partial charge in [0.2, 0.25) is 5.60 Å². The predicted octanol–water partition coefficient (Wildman–Crippen LogP) is 2.24. The first-order valence-electron chi connectivity index (χ1n) is 8.70. The molecule has 0 unspecified atom stereocenters. The number of nitrogens with zero attached hydrogens (tertiary/aromatic N) is 3. The second-order valence-corrected chi connectivity index (χ2v) is 6.74. The van der Waals surface area contributed by atoms with Crippen molar-refractivity contribution in [2.24, 2.45) is 7.05 Å². The molecule has 1 aromatic heterocycles. The molecule has 1 N–H and O–H groups in total. The Hall–Kier alpha value is -2.54. The van der Waals surface area contributed by atoms with Gasteiger partial charge in [0, 0.05) is 51.3 Å². The smallest absolute Gasteiger partial charge is 0.348 e. The third-order valence-corrected chi connectivity index (χ3v) is 4.94. The van der Waals surface area contributed by atoms with E-state index in [0.717, 1.165) is 12.2 Å². The summed E-state index contributed by atoms with van der Waals surface area (Å²) < 4.78 is 13.1. The summed E-state index contributed by atoms with van der Waals surface area (Å²) >= 11 is 0. The molecule has 1 saturated heterocycles. The molecule has 0 amide bonds. The van der Waals surface area contributed by atoms with Gasteiger partial charge in [-0.15, -0.1) is 0 Å². The largest absolute Gasteiger partial charge is 0.493 e. The van der Waals surface area contributed by atoms with Crippen molar-refractivity contribution in [1.82, 2.24) is 14.7 Å². The van der Waals surface area contributed by atoms with E-state index in [2.05, 4.69) is 10.00 Å². The van der Waals surface area contributed by atoms with Crippen molar-refractivity contribution in [1.29, 1.82) is 0 Å². The number of methoxy groups -OCH3 is 1. The summed E-state index contributed by atoms with van der Waals surface area (Å²) in [4.78, 5) is 14.3. The van der Waals surface area contributed by atoms with Crippen molar-refractivity contribution >= 4 is 5.97 Å². The monoisotopic (exact) mass is 359 g/mol. The van der Waals surface area contributed by atoms with Crippen molar-refractivity contribution in [3.8, 4) is 11.5 Å². The number of aliphatic carboxylic acids is 1. The molecular formula is C19H25N3O4. The summed E-state index contributed by atoms with van der Waals surface area (Å²) in [6, 6.07) is 7.16. The number of ether oxygens (including phenoxy) is 2. The zero-order valence-corrected chi connectivity index (χ0v) is 15.4. The maximum atomic E-state index is 12.0. The Labute approximate surface area is 153 Å². The van der Waals surface area contributed by atoms with E-state index in [1.165, 1.54) is 5.56 Å². The summed E-state index contributed by atoms with van der Waals surface area (Å²) in [6.45, 7) is 4.06. The Morgan fingerprint density at radius 1 is 1.27 bits per heavy atom. The van der Waals surface area contributed by atoms with Crippen molar-refractivity contribution in [3.63, 3.8) is 0 Å². The average Bonchev–Trinajstić information content (AvgIpc) is 2.94. The Morgan fingerprint density at radius 2 is 1.92 bits per heavy atom. The fraction of sp³-hybridized carbons (Fsp3) is 0.474. The average molecular weight is 359 g/mol. The maximum Gasteiger partial charge on any atom is 0.348 e. The van der Waals surface area contributed by atoms with Crippen molar-refractivity contribution < 1.29 is 19.4 Å². The quantitative estimate of drug-likeness (QED) is 0.852. The lowest BCUT2D eigenvalue weighted by atomic mass is 9.90. The summed E-state index contributed by atoms with van der Waals surface area (Å²) in [5, 5.41) is 14.2. The molecule has 1 aliphatic rings. The van der Waals surface area contributed by atoms with Crippen LogP contribution >= 0.6 is 0 Å². The van der Waals surface area contributed by atoms with Gasteiger partial charge in [-0.1, -0.05) is 12.1 Å².